The molecule has 0 bridgehead atoms. The van der Waals surface area contributed by atoms with Gasteiger partial charge in [0, 0.05) is 20.0 Å². The van der Waals surface area contributed by atoms with E-state index in [4.69, 9.17) is 21.1 Å². The molecule has 7 nitrogen and oxygen atoms in total. The minimum Gasteiger partial charge on any atom is -0.487 e. The third-order valence-corrected chi connectivity index (χ3v) is 3.91. The second-order valence-electron chi connectivity index (χ2n) is 5.28. The van der Waals surface area contributed by atoms with Crippen LogP contribution in [0.5, 0.6) is 5.75 Å². The Morgan fingerprint density at radius 2 is 1.96 bits per heavy atom. The highest BCUT2D eigenvalue weighted by Crippen LogP contribution is 2.33. The monoisotopic (exact) mass is 354 g/mol. The molecule has 1 aliphatic heterocycles. The first-order valence-electron chi connectivity index (χ1n) is 7.51. The van der Waals surface area contributed by atoms with Crippen molar-refractivity contribution in [3.8, 4) is 5.75 Å². The number of benzene rings is 1. The van der Waals surface area contributed by atoms with E-state index in [-0.39, 0.29) is 31.3 Å². The molecule has 1 saturated heterocycles. The first-order chi connectivity index (χ1) is 11.5. The fourth-order valence-electron chi connectivity index (χ4n) is 2.36. The zero-order valence-electron chi connectivity index (χ0n) is 13.5. The van der Waals surface area contributed by atoms with Crippen LogP contribution in [0.4, 0.5) is 5.69 Å². The number of methoxy groups -OCH3 is 1. The van der Waals surface area contributed by atoms with E-state index in [0.29, 0.717) is 23.1 Å². The van der Waals surface area contributed by atoms with Crippen molar-refractivity contribution < 1.29 is 23.9 Å². The Morgan fingerprint density at radius 3 is 2.58 bits per heavy atom. The molecular weight excluding hydrogens is 336 g/mol. The van der Waals surface area contributed by atoms with E-state index in [1.54, 1.807) is 25.3 Å². The lowest BCUT2D eigenvalue weighted by Crippen LogP contribution is -2.45. The Bertz CT molecular complexity index is 633. The molecule has 2 rings (SSSR count). The topological polar surface area (TPSA) is 84.9 Å². The summed E-state index contributed by atoms with van der Waals surface area (Å²) in [6, 6.07) is 4.03. The van der Waals surface area contributed by atoms with Gasteiger partial charge < -0.3 is 14.8 Å². The first kappa shape index (κ1) is 18.2. The minimum absolute atomic E-state index is 0.138. The number of nitrogens with one attached hydrogen (secondary N) is 1. The lowest BCUT2D eigenvalue weighted by Gasteiger charge is -2.22. The molecular formula is C16H19ClN2O5. The second kappa shape index (κ2) is 8.12. The van der Waals surface area contributed by atoms with Gasteiger partial charge in [0.1, 0.15) is 12.6 Å². The molecule has 1 N–H and O–H groups in total. The molecule has 3 amide bonds. The average molecular weight is 355 g/mol. The molecule has 24 heavy (non-hydrogen) atoms. The summed E-state index contributed by atoms with van der Waals surface area (Å²) in [6.07, 6.45) is 0.276. The predicted octanol–water partition coefficient (Wildman–Crippen LogP) is 1.84. The van der Waals surface area contributed by atoms with Crippen LogP contribution in [0, 0.1) is 0 Å². The van der Waals surface area contributed by atoms with Crippen molar-refractivity contribution in [2.75, 3.05) is 25.6 Å². The number of imide groups is 1. The van der Waals surface area contributed by atoms with E-state index < -0.39 is 11.9 Å². The molecule has 130 valence electrons. The Kier molecular flexibility index (Phi) is 6.16. The molecule has 1 aromatic carbocycles. The Morgan fingerprint density at radius 1 is 1.29 bits per heavy atom. The fraction of sp³-hybridized carbons (Fsp3) is 0.438. The number of hydrogen-bond donors (Lipinski definition) is 1. The first-order valence-corrected chi connectivity index (χ1v) is 7.89. The standard InChI is InChI=1S/C16H19ClN2O5/c1-10(19-13(20)6-7-14(19)21)16(22)18-12-5-3-4-11(17)15(12)24-9-8-23-2/h3-5,10H,6-9H2,1-2H3,(H,18,22). The summed E-state index contributed by atoms with van der Waals surface area (Å²) in [5.74, 6) is -0.857. The third-order valence-electron chi connectivity index (χ3n) is 3.62. The Labute approximate surface area is 144 Å². The largest absolute Gasteiger partial charge is 0.487 e. The summed E-state index contributed by atoms with van der Waals surface area (Å²) in [6.45, 7) is 2.14. The van der Waals surface area contributed by atoms with Crippen LogP contribution in [-0.2, 0) is 19.1 Å². The van der Waals surface area contributed by atoms with E-state index in [0.717, 1.165) is 4.90 Å². The van der Waals surface area contributed by atoms with Crippen molar-refractivity contribution in [1.29, 1.82) is 0 Å². The molecule has 1 fully saturated rings. The molecule has 1 aliphatic rings. The lowest BCUT2D eigenvalue weighted by atomic mass is 10.2. The predicted molar refractivity (Wildman–Crippen MR) is 88.0 cm³/mol. The SMILES string of the molecule is COCCOc1c(Cl)cccc1NC(=O)C(C)N1C(=O)CCC1=O. The highest BCUT2D eigenvalue weighted by Gasteiger charge is 2.36. The summed E-state index contributed by atoms with van der Waals surface area (Å²) in [5.41, 5.74) is 0.370. The number of ether oxygens (including phenoxy) is 2. The van der Waals surface area contributed by atoms with Gasteiger partial charge in [-0.3, -0.25) is 19.3 Å². The van der Waals surface area contributed by atoms with Crippen molar-refractivity contribution in [3.63, 3.8) is 0 Å². The number of hydrogen-bond acceptors (Lipinski definition) is 5. The summed E-state index contributed by atoms with van der Waals surface area (Å²) in [7, 11) is 1.55. The van der Waals surface area contributed by atoms with Gasteiger partial charge in [-0.2, -0.15) is 0 Å². The third kappa shape index (κ3) is 4.04. The number of anilines is 1. The molecule has 0 radical (unpaired) electrons. The number of carbonyl (C=O) groups excluding carboxylic acids is 3. The van der Waals surface area contributed by atoms with Gasteiger partial charge in [-0.05, 0) is 19.1 Å². The van der Waals surface area contributed by atoms with Gasteiger partial charge in [-0.15, -0.1) is 0 Å². The van der Waals surface area contributed by atoms with Gasteiger partial charge in [0.25, 0.3) is 0 Å². The molecule has 1 unspecified atom stereocenters. The summed E-state index contributed by atoms with van der Waals surface area (Å²) in [4.78, 5) is 36.9. The van der Waals surface area contributed by atoms with E-state index in [9.17, 15) is 14.4 Å². The van der Waals surface area contributed by atoms with E-state index in [1.807, 2.05) is 0 Å². The van der Waals surface area contributed by atoms with Crippen LogP contribution >= 0.6 is 11.6 Å². The highest BCUT2D eigenvalue weighted by atomic mass is 35.5. The molecule has 0 saturated carbocycles. The van der Waals surface area contributed by atoms with Crippen LogP contribution < -0.4 is 10.1 Å². The van der Waals surface area contributed by atoms with Gasteiger partial charge in [-0.1, -0.05) is 17.7 Å². The fourth-order valence-corrected chi connectivity index (χ4v) is 2.59. The zero-order chi connectivity index (χ0) is 17.7. The van der Waals surface area contributed by atoms with E-state index in [2.05, 4.69) is 5.32 Å². The van der Waals surface area contributed by atoms with Crippen molar-refractivity contribution in [2.45, 2.75) is 25.8 Å². The maximum atomic E-state index is 12.4. The summed E-state index contributed by atoms with van der Waals surface area (Å²) < 4.78 is 10.5. The van der Waals surface area contributed by atoms with Gasteiger partial charge in [-0.25, -0.2) is 0 Å². The smallest absolute Gasteiger partial charge is 0.247 e. The van der Waals surface area contributed by atoms with Gasteiger partial charge >= 0.3 is 0 Å². The van der Waals surface area contributed by atoms with Crippen molar-refractivity contribution in [2.24, 2.45) is 0 Å². The van der Waals surface area contributed by atoms with Crippen molar-refractivity contribution in [3.05, 3.63) is 23.2 Å². The van der Waals surface area contributed by atoms with Crippen LogP contribution in [0.2, 0.25) is 5.02 Å². The zero-order valence-corrected chi connectivity index (χ0v) is 14.3. The average Bonchev–Trinajstić information content (AvgIpc) is 2.88. The van der Waals surface area contributed by atoms with Gasteiger partial charge in [0.05, 0.1) is 17.3 Å². The second-order valence-corrected chi connectivity index (χ2v) is 5.69. The number of halogens is 1. The molecule has 8 heteroatoms. The van der Waals surface area contributed by atoms with Crippen LogP contribution in [0.25, 0.3) is 0 Å². The normalized spacial score (nSPS) is 15.5. The number of nitrogens with zero attached hydrogens (tertiary/aromatic N) is 1. The van der Waals surface area contributed by atoms with Crippen LogP contribution in [-0.4, -0.2) is 49.0 Å². The highest BCUT2D eigenvalue weighted by molar-refractivity contribution is 6.32. The van der Waals surface area contributed by atoms with Crippen LogP contribution in [0.15, 0.2) is 18.2 Å². The Hall–Kier alpha value is -2.12. The summed E-state index contributed by atoms with van der Waals surface area (Å²) >= 11 is 6.11. The number of para-hydroxylation sites is 1. The molecule has 1 atom stereocenters. The summed E-state index contributed by atoms with van der Waals surface area (Å²) in [5, 5.41) is 3.00. The number of rotatable bonds is 7. The van der Waals surface area contributed by atoms with Gasteiger partial charge in [0.15, 0.2) is 5.75 Å². The quantitative estimate of drug-likeness (QED) is 0.596. The molecule has 1 heterocycles. The van der Waals surface area contributed by atoms with E-state index >= 15 is 0 Å². The number of likely N-dealkylation sites (tertiary alicyclic amines) is 1. The van der Waals surface area contributed by atoms with Crippen LogP contribution in [0.1, 0.15) is 19.8 Å². The van der Waals surface area contributed by atoms with Gasteiger partial charge in [0.2, 0.25) is 17.7 Å². The maximum Gasteiger partial charge on any atom is 0.247 e. The Balaban J connectivity index is 2.12. The molecule has 0 aliphatic carbocycles. The van der Waals surface area contributed by atoms with Crippen molar-refractivity contribution in [1.82, 2.24) is 4.90 Å². The van der Waals surface area contributed by atoms with Crippen LogP contribution in [0.3, 0.4) is 0 Å². The van der Waals surface area contributed by atoms with Crippen molar-refractivity contribution >= 4 is 35.0 Å². The minimum atomic E-state index is -0.904. The molecule has 0 spiro atoms. The lowest BCUT2D eigenvalue weighted by molar-refractivity contribution is -0.144. The van der Waals surface area contributed by atoms with E-state index in [1.165, 1.54) is 6.92 Å². The maximum absolute atomic E-state index is 12.4. The molecule has 0 aromatic heterocycles. The number of carbonyl (C=O) groups is 3. The molecule has 1 aromatic rings. The number of amides is 3.